The summed E-state index contributed by atoms with van der Waals surface area (Å²) in [6.45, 7) is 0. The number of fused-ring (bicyclic) bond motifs is 1. The average Bonchev–Trinajstić information content (AvgIpc) is 2.62. The van der Waals surface area contributed by atoms with Gasteiger partial charge in [-0.25, -0.2) is 4.79 Å². The number of methoxy groups -OCH3 is 1. The van der Waals surface area contributed by atoms with Gasteiger partial charge in [0.05, 0.1) is 12.7 Å². The van der Waals surface area contributed by atoms with Gasteiger partial charge in [0, 0.05) is 18.0 Å². The number of aryl methyl sites for hydroxylation is 1. The van der Waals surface area contributed by atoms with E-state index in [2.05, 4.69) is 10.8 Å². The molecule has 4 nitrogen and oxygen atoms in total. The van der Waals surface area contributed by atoms with E-state index in [-0.39, 0.29) is 0 Å². The summed E-state index contributed by atoms with van der Waals surface area (Å²) >= 11 is 0. The quantitative estimate of drug-likeness (QED) is 0.680. The summed E-state index contributed by atoms with van der Waals surface area (Å²) in [5.74, 6) is -0.491. The van der Waals surface area contributed by atoms with E-state index in [9.17, 15) is 4.79 Å². The lowest BCUT2D eigenvalue weighted by atomic mass is 10.1. The fourth-order valence-electron chi connectivity index (χ4n) is 1.84. The van der Waals surface area contributed by atoms with Crippen LogP contribution in [-0.2, 0) is 11.8 Å². The van der Waals surface area contributed by atoms with Crippen molar-refractivity contribution in [2.45, 2.75) is 0 Å². The van der Waals surface area contributed by atoms with Crippen molar-refractivity contribution in [1.29, 1.82) is 5.26 Å². The first-order valence-electron chi connectivity index (χ1n) is 4.76. The molecule has 0 saturated carbocycles. The number of hydrogen-bond donors (Lipinski definition) is 0. The van der Waals surface area contributed by atoms with Crippen LogP contribution in [0.5, 0.6) is 0 Å². The van der Waals surface area contributed by atoms with Gasteiger partial charge in [-0.2, -0.15) is 5.26 Å². The summed E-state index contributed by atoms with van der Waals surface area (Å²) in [4.78, 5) is 11.6. The molecule has 0 aliphatic rings. The Bertz CT molecular complexity index is 605. The van der Waals surface area contributed by atoms with E-state index in [1.807, 2.05) is 24.3 Å². The number of carbonyl (C=O) groups is 1. The number of aromatic nitrogens is 1. The van der Waals surface area contributed by atoms with E-state index >= 15 is 0 Å². The molecule has 1 aromatic heterocycles. The highest BCUT2D eigenvalue weighted by molar-refractivity contribution is 6.00. The molecule has 1 heterocycles. The molecule has 0 amide bonds. The summed E-state index contributed by atoms with van der Waals surface area (Å²) in [5.41, 5.74) is 1.51. The molecule has 16 heavy (non-hydrogen) atoms. The molecule has 0 unspecified atom stereocenters. The topological polar surface area (TPSA) is 55.0 Å². The molecule has 2 aromatic rings. The Balaban J connectivity index is 2.88. The van der Waals surface area contributed by atoms with Crippen molar-refractivity contribution in [2.24, 2.45) is 7.05 Å². The summed E-state index contributed by atoms with van der Waals surface area (Å²) < 4.78 is 6.36. The molecule has 4 heteroatoms. The highest BCUT2D eigenvalue weighted by Crippen LogP contribution is 2.24. The van der Waals surface area contributed by atoms with Crippen LogP contribution in [0, 0.1) is 11.3 Å². The Hall–Kier alpha value is -2.28. The van der Waals surface area contributed by atoms with Crippen molar-refractivity contribution >= 4 is 16.9 Å². The van der Waals surface area contributed by atoms with Gasteiger partial charge < -0.3 is 9.30 Å². The van der Waals surface area contributed by atoms with E-state index in [1.54, 1.807) is 11.6 Å². The number of nitriles is 1. The van der Waals surface area contributed by atoms with Crippen LogP contribution in [-0.4, -0.2) is 17.6 Å². The molecular weight excluding hydrogens is 204 g/mol. The zero-order chi connectivity index (χ0) is 11.7. The Labute approximate surface area is 92.7 Å². The van der Waals surface area contributed by atoms with E-state index in [1.165, 1.54) is 7.11 Å². The van der Waals surface area contributed by atoms with Gasteiger partial charge in [0.2, 0.25) is 0 Å². The summed E-state index contributed by atoms with van der Waals surface area (Å²) in [6.07, 6.45) is 0. The van der Waals surface area contributed by atoms with Gasteiger partial charge in [0.15, 0.2) is 0 Å². The van der Waals surface area contributed by atoms with Gasteiger partial charge in [0.1, 0.15) is 11.8 Å². The average molecular weight is 214 g/mol. The normalized spacial score (nSPS) is 10.1. The molecule has 0 spiro atoms. The number of carbonyl (C=O) groups excluding carboxylic acids is 1. The second kappa shape index (κ2) is 3.70. The number of benzene rings is 1. The molecule has 0 atom stereocenters. The van der Waals surface area contributed by atoms with Crippen LogP contribution in [0.4, 0.5) is 0 Å². The van der Waals surface area contributed by atoms with Gasteiger partial charge in [-0.15, -0.1) is 0 Å². The van der Waals surface area contributed by atoms with Gasteiger partial charge in [-0.3, -0.25) is 0 Å². The van der Waals surface area contributed by atoms with Crippen LogP contribution in [0.15, 0.2) is 24.3 Å². The molecule has 0 saturated heterocycles. The molecule has 0 bridgehead atoms. The lowest BCUT2D eigenvalue weighted by Gasteiger charge is -2.01. The maximum atomic E-state index is 11.6. The van der Waals surface area contributed by atoms with Crippen molar-refractivity contribution in [3.8, 4) is 6.07 Å². The highest BCUT2D eigenvalue weighted by Gasteiger charge is 2.20. The fourth-order valence-corrected chi connectivity index (χ4v) is 1.84. The Kier molecular flexibility index (Phi) is 2.37. The number of esters is 1. The third kappa shape index (κ3) is 1.26. The lowest BCUT2D eigenvalue weighted by Crippen LogP contribution is -2.09. The van der Waals surface area contributed by atoms with E-state index < -0.39 is 5.97 Å². The molecule has 0 aliphatic carbocycles. The minimum atomic E-state index is -0.491. The second-order valence-corrected chi connectivity index (χ2v) is 3.40. The van der Waals surface area contributed by atoms with E-state index in [0.717, 1.165) is 10.9 Å². The van der Waals surface area contributed by atoms with Crippen LogP contribution in [0.25, 0.3) is 10.9 Å². The Morgan fingerprint density at radius 1 is 1.44 bits per heavy atom. The first kappa shape index (κ1) is 10.2. The third-order valence-electron chi connectivity index (χ3n) is 2.60. The molecule has 0 N–H and O–H groups in total. The van der Waals surface area contributed by atoms with Crippen molar-refractivity contribution in [3.05, 3.63) is 35.5 Å². The summed E-state index contributed by atoms with van der Waals surface area (Å²) in [6, 6.07) is 9.44. The standard InChI is InChI=1S/C12H10N2O2/c1-14-10-6-4-3-5-8(10)9(7-13)11(14)12(15)16-2/h3-6H,1-2H3. The zero-order valence-electron chi connectivity index (χ0n) is 9.02. The molecule has 1 aromatic carbocycles. The van der Waals surface area contributed by atoms with Crippen LogP contribution < -0.4 is 0 Å². The maximum Gasteiger partial charge on any atom is 0.356 e. The zero-order valence-corrected chi connectivity index (χ0v) is 9.02. The molecule has 2 rings (SSSR count). The Morgan fingerprint density at radius 3 is 2.75 bits per heavy atom. The highest BCUT2D eigenvalue weighted by atomic mass is 16.5. The number of rotatable bonds is 1. The Morgan fingerprint density at radius 2 is 2.12 bits per heavy atom. The van der Waals surface area contributed by atoms with E-state index in [0.29, 0.717) is 11.3 Å². The first-order chi connectivity index (χ1) is 7.70. The lowest BCUT2D eigenvalue weighted by molar-refractivity contribution is 0.0590. The van der Waals surface area contributed by atoms with Crippen molar-refractivity contribution in [3.63, 3.8) is 0 Å². The van der Waals surface area contributed by atoms with Crippen molar-refractivity contribution in [2.75, 3.05) is 7.11 Å². The third-order valence-corrected chi connectivity index (χ3v) is 2.60. The van der Waals surface area contributed by atoms with Gasteiger partial charge in [0.25, 0.3) is 0 Å². The number of para-hydroxylation sites is 1. The SMILES string of the molecule is COC(=O)c1c(C#N)c2ccccc2n1C. The van der Waals surface area contributed by atoms with Gasteiger partial charge in [-0.1, -0.05) is 18.2 Å². The number of hydrogen-bond acceptors (Lipinski definition) is 3. The van der Waals surface area contributed by atoms with Crippen LogP contribution in [0.3, 0.4) is 0 Å². The molecular formula is C12H10N2O2. The predicted molar refractivity (Wildman–Crippen MR) is 59.0 cm³/mol. The van der Waals surface area contributed by atoms with Crippen molar-refractivity contribution in [1.82, 2.24) is 4.57 Å². The predicted octanol–water partition coefficient (Wildman–Crippen LogP) is 1.84. The summed E-state index contributed by atoms with van der Waals surface area (Å²) in [7, 11) is 3.05. The van der Waals surface area contributed by atoms with Crippen LogP contribution in [0.2, 0.25) is 0 Å². The largest absolute Gasteiger partial charge is 0.464 e. The molecule has 80 valence electrons. The monoisotopic (exact) mass is 214 g/mol. The van der Waals surface area contributed by atoms with Crippen LogP contribution in [0.1, 0.15) is 16.1 Å². The smallest absolute Gasteiger partial charge is 0.356 e. The molecule has 0 aliphatic heterocycles. The van der Waals surface area contributed by atoms with E-state index in [4.69, 9.17) is 5.26 Å². The van der Waals surface area contributed by atoms with Gasteiger partial charge in [-0.05, 0) is 6.07 Å². The first-order valence-corrected chi connectivity index (χ1v) is 4.76. The molecule has 0 radical (unpaired) electrons. The maximum absolute atomic E-state index is 11.6. The van der Waals surface area contributed by atoms with Crippen LogP contribution >= 0.6 is 0 Å². The summed E-state index contributed by atoms with van der Waals surface area (Å²) in [5, 5.41) is 9.87. The van der Waals surface area contributed by atoms with Gasteiger partial charge >= 0.3 is 5.97 Å². The van der Waals surface area contributed by atoms with Crippen molar-refractivity contribution < 1.29 is 9.53 Å². The minimum absolute atomic E-state index is 0.297. The number of nitrogens with zero attached hydrogens (tertiary/aromatic N) is 2. The number of ether oxygens (including phenoxy) is 1. The fraction of sp³-hybridized carbons (Fsp3) is 0.167. The minimum Gasteiger partial charge on any atom is -0.464 e. The molecule has 0 fully saturated rings. The second-order valence-electron chi connectivity index (χ2n) is 3.40.